The van der Waals surface area contributed by atoms with Gasteiger partial charge in [0.1, 0.15) is 100 Å². The summed E-state index contributed by atoms with van der Waals surface area (Å²) in [5.41, 5.74) is 27.5. The Kier molecular flexibility index (Phi) is 34.4. The van der Waals surface area contributed by atoms with Gasteiger partial charge in [-0.25, -0.2) is 33.1 Å². The van der Waals surface area contributed by atoms with Crippen LogP contribution in [0, 0.1) is 24.8 Å². The Morgan fingerprint density at radius 1 is 0.558 bits per heavy atom. The maximum absolute atomic E-state index is 14.5. The molecule has 4 aliphatic heterocycles. The van der Waals surface area contributed by atoms with Gasteiger partial charge in [-0.1, -0.05) is 52.3 Å². The minimum Gasteiger partial charge on any atom is -0.489 e. The summed E-state index contributed by atoms with van der Waals surface area (Å²) in [4.78, 5) is 35.8. The van der Waals surface area contributed by atoms with Crippen molar-refractivity contribution in [2.45, 2.75) is 115 Å². The zero-order chi connectivity index (χ0) is 84.2. The first-order chi connectivity index (χ1) is 57.8. The summed E-state index contributed by atoms with van der Waals surface area (Å²) in [6.45, 7) is 20.1. The zero-order valence-electron chi connectivity index (χ0n) is 67.3. The second-order valence-electron chi connectivity index (χ2n) is 27.8. The number of likely N-dealkylation sites (N-methyl/N-ethyl adjacent to an activating group) is 1. The molecular formula is C85H98BrF2N17O15. The first-order valence-electron chi connectivity index (χ1n) is 38.4. The number of aromatic nitrogens is 10. The molecule has 1 atom stereocenters. The molecule has 6 aromatic heterocycles. The average molecular weight is 1720 g/mol. The second kappa shape index (κ2) is 45.5. The number of nitrogens with zero attached hydrogens (tertiary/aromatic N) is 13. The van der Waals surface area contributed by atoms with Gasteiger partial charge in [-0.3, -0.25) is 29.0 Å². The van der Waals surface area contributed by atoms with Gasteiger partial charge in [0.2, 0.25) is 0 Å². The van der Waals surface area contributed by atoms with E-state index in [4.69, 9.17) is 88.3 Å². The Hall–Kier alpha value is -11.7. The quantitative estimate of drug-likeness (QED) is 0.0229. The van der Waals surface area contributed by atoms with Crippen molar-refractivity contribution in [3.05, 3.63) is 214 Å². The van der Waals surface area contributed by atoms with Crippen LogP contribution in [-0.4, -0.2) is 171 Å². The van der Waals surface area contributed by atoms with E-state index in [-0.39, 0.29) is 62.7 Å². The summed E-state index contributed by atoms with van der Waals surface area (Å²) >= 11 is 3.41. The molecule has 4 fully saturated rings. The van der Waals surface area contributed by atoms with Crippen LogP contribution < -0.4 is 42.3 Å². The summed E-state index contributed by atoms with van der Waals surface area (Å²) in [6.07, 6.45) is 12.7. The molecule has 10 heterocycles. The topological polar surface area (TPSA) is 398 Å². The van der Waals surface area contributed by atoms with Gasteiger partial charge in [-0.15, -0.1) is 0 Å². The minimum atomic E-state index is -0.787. The highest BCUT2D eigenvalue weighted by Crippen LogP contribution is 2.42. The Morgan fingerprint density at radius 3 is 1.40 bits per heavy atom. The molecule has 0 amide bonds. The lowest BCUT2D eigenvalue weighted by molar-refractivity contribution is -0.252. The molecule has 0 aliphatic carbocycles. The van der Waals surface area contributed by atoms with Crippen molar-refractivity contribution in [3.8, 4) is 68.3 Å². The summed E-state index contributed by atoms with van der Waals surface area (Å²) < 4.78 is 100. The van der Waals surface area contributed by atoms with Crippen LogP contribution in [0.25, 0.3) is 54.5 Å². The number of aliphatic carboxylic acids is 1. The van der Waals surface area contributed by atoms with Crippen molar-refractivity contribution in [3.63, 3.8) is 0 Å². The van der Waals surface area contributed by atoms with Crippen molar-refractivity contribution in [2.24, 2.45) is 0 Å². The van der Waals surface area contributed by atoms with E-state index in [0.717, 1.165) is 102 Å². The molecule has 5 aromatic carbocycles. The SMILES string of the molecule is CN(C)CC(=O)O.COC(OC)OC.N.Nc1ncnc2c1c(-c1ccc(Oc3cc(F)cc(OCc4ccc(CO)nc4)c3)cc1)nn2C1CCOCC1.[C-]#[N+]c1c(-c2ccc(Br)cc2)nn(C2CCOCC2)c1N.[C-]#[N+]c1c(-c2ccc(Oc3cc(F)cc(OCc4ccc(COC5CCCCO5)nc4)c3)cc2)nn(C2CCOCC2)c1N. The number of nitrogen functional groups attached to an aromatic ring is 3. The smallest absolute Gasteiger partial charge is 0.317 e. The molecule has 0 saturated carbocycles. The van der Waals surface area contributed by atoms with Crippen LogP contribution in [0.3, 0.4) is 0 Å². The Labute approximate surface area is 701 Å². The monoisotopic (exact) mass is 1710 g/mol. The number of rotatable bonds is 25. The fourth-order valence-corrected chi connectivity index (χ4v) is 13.3. The van der Waals surface area contributed by atoms with Crippen LogP contribution in [0.1, 0.15) is 98.4 Å². The molecular weight excluding hydrogens is 1620 g/mol. The van der Waals surface area contributed by atoms with Crippen LogP contribution >= 0.6 is 15.9 Å². The lowest BCUT2D eigenvalue weighted by Crippen LogP contribution is -2.22. The molecule has 11 aromatic rings. The maximum Gasteiger partial charge on any atom is 0.317 e. The number of carboxylic acids is 1. The van der Waals surface area contributed by atoms with Crippen molar-refractivity contribution < 1.29 is 80.6 Å². The molecule has 35 heteroatoms. The van der Waals surface area contributed by atoms with E-state index in [1.807, 2.05) is 53.2 Å². The maximum atomic E-state index is 14.5. The van der Waals surface area contributed by atoms with Gasteiger partial charge < -0.3 is 90.4 Å². The number of aliphatic hydroxyl groups excluding tert-OH is 1. The van der Waals surface area contributed by atoms with E-state index in [2.05, 4.69) is 70.0 Å². The van der Waals surface area contributed by atoms with Gasteiger partial charge >= 0.3 is 5.97 Å². The van der Waals surface area contributed by atoms with Crippen LogP contribution in [0.5, 0.6) is 34.5 Å². The standard InChI is InChI=1S/C33H34FN5O5.C29H27FN6O4.C15H15BrN4O.C4H9NO2.C4H10O3.H3N/c1-36-32-31(38-39(33(32)35)26-11-14-40-15-12-26)23-6-9-27(10-7-23)44-29-17-24(34)16-28(18-29)42-20-22-5-8-25(37-19-22)21-43-30-4-2-3-13-41-30;30-20-11-24(39-16-18-1-4-21(15-37)32-14-18)13-25(12-20)40-23-5-2-19(3-6-23)27-26-28(31)33-17-34-29(26)36(35-27)22-7-9-38-10-8-22;1-18-14-13(10-2-4-11(16)5-3-10)19-20(15(14)17)12-6-8-21-9-7-12;1-5(2)3-4(6)7;1-5-4(6-2)7-3;/h5-10,16-19,26,30H,2-4,11-15,20-21,35H2;1-6,11-14,17,22,37H,7-10,15-16H2,(H2,31,33,34);2-5,12H,6-9,17H2;3H2,1-2H3,(H,6,7);4H,1-3H3;1H3. The highest BCUT2D eigenvalue weighted by atomic mass is 79.9. The fourth-order valence-electron chi connectivity index (χ4n) is 13.1. The Bertz CT molecular complexity index is 5140. The van der Waals surface area contributed by atoms with E-state index in [0.29, 0.717) is 138 Å². The molecule has 15 rings (SSSR count). The normalized spacial score (nSPS) is 14.9. The second-order valence-corrected chi connectivity index (χ2v) is 28.8. The summed E-state index contributed by atoms with van der Waals surface area (Å²) in [7, 11) is 7.97. The molecule has 0 radical (unpaired) electrons. The van der Waals surface area contributed by atoms with Gasteiger partial charge in [0, 0.05) is 138 Å². The van der Waals surface area contributed by atoms with Crippen LogP contribution in [0.2, 0.25) is 0 Å². The lowest BCUT2D eigenvalue weighted by Gasteiger charge is -2.23. The molecule has 120 heavy (non-hydrogen) atoms. The average Bonchev–Trinajstić information content (AvgIpc) is 1.55. The molecule has 11 N–H and O–H groups in total. The van der Waals surface area contributed by atoms with E-state index in [1.54, 1.807) is 101 Å². The van der Waals surface area contributed by atoms with Crippen molar-refractivity contribution in [1.29, 1.82) is 0 Å². The van der Waals surface area contributed by atoms with Gasteiger partial charge in [0.25, 0.3) is 17.9 Å². The Balaban J connectivity index is 0.000000181. The molecule has 1 unspecified atom stereocenters. The first kappa shape index (κ1) is 90.6. The van der Waals surface area contributed by atoms with Gasteiger partial charge in [-0.2, -0.15) is 15.3 Å². The lowest BCUT2D eigenvalue weighted by atomic mass is 10.1. The van der Waals surface area contributed by atoms with E-state index in [1.165, 1.54) is 51.9 Å². The van der Waals surface area contributed by atoms with Gasteiger partial charge in [-0.05, 0) is 144 Å². The van der Waals surface area contributed by atoms with Crippen molar-refractivity contribution in [2.75, 3.05) is 105 Å². The number of methoxy groups -OCH3 is 3. The third-order valence-electron chi connectivity index (χ3n) is 19.1. The number of aliphatic hydroxyl groups is 1. The highest BCUT2D eigenvalue weighted by Gasteiger charge is 2.28. The summed E-state index contributed by atoms with van der Waals surface area (Å²) in [6, 6.07) is 38.4. The number of ether oxygens (including phenoxy) is 12. The number of fused-ring (bicyclic) bond motifs is 1. The zero-order valence-corrected chi connectivity index (χ0v) is 68.8. The molecule has 0 bridgehead atoms. The molecule has 4 saturated heterocycles. The highest BCUT2D eigenvalue weighted by molar-refractivity contribution is 9.10. The van der Waals surface area contributed by atoms with Gasteiger partial charge in [0.05, 0.1) is 67.8 Å². The third kappa shape index (κ3) is 25.4. The van der Waals surface area contributed by atoms with Crippen LogP contribution in [-0.2, 0) is 69.1 Å². The van der Waals surface area contributed by atoms with E-state index < -0.39 is 24.1 Å². The van der Waals surface area contributed by atoms with Crippen molar-refractivity contribution in [1.82, 2.24) is 60.3 Å². The van der Waals surface area contributed by atoms with E-state index >= 15 is 0 Å². The summed E-state index contributed by atoms with van der Waals surface area (Å²) in [5, 5.41) is 32.1. The van der Waals surface area contributed by atoms with E-state index in [9.17, 15) is 13.6 Å². The number of halogens is 3. The predicted molar refractivity (Wildman–Crippen MR) is 447 cm³/mol. The Morgan fingerprint density at radius 2 is 1.00 bits per heavy atom. The number of hydrogen-bond donors (Lipinski definition) is 6. The third-order valence-corrected chi connectivity index (χ3v) is 19.6. The molecule has 634 valence electrons. The van der Waals surface area contributed by atoms with Crippen LogP contribution in [0.15, 0.2) is 157 Å². The number of anilines is 3. The number of carbonyl (C=O) groups is 1. The molecule has 4 aliphatic rings. The first-order valence-corrected chi connectivity index (χ1v) is 39.2. The number of carboxylic acid groups (broad SMARTS) is 1. The number of nitrogens with two attached hydrogens (primary N) is 3. The largest absolute Gasteiger partial charge is 0.489 e. The summed E-state index contributed by atoms with van der Waals surface area (Å²) in [5.74, 6) is 1.66. The minimum absolute atomic E-state index is 0. The fraction of sp³-hybridized carbons (Fsp3) is 0.365. The van der Waals surface area contributed by atoms with Crippen molar-refractivity contribution >= 4 is 61.8 Å². The molecule has 32 nitrogen and oxygen atoms in total. The van der Waals surface area contributed by atoms with Crippen LogP contribution in [0.4, 0.5) is 37.6 Å². The molecule has 0 spiro atoms. The number of hydrogen-bond acceptors (Lipinski definition) is 26. The van der Waals surface area contributed by atoms with Gasteiger partial charge in [0.15, 0.2) is 11.9 Å². The number of pyridine rings is 2. The number of benzene rings is 5. The predicted octanol–water partition coefficient (Wildman–Crippen LogP) is 15.6.